The number of hydrogen-bond donors (Lipinski definition) is 2. The summed E-state index contributed by atoms with van der Waals surface area (Å²) in [5.74, 6) is 1.04. The van der Waals surface area contributed by atoms with E-state index in [2.05, 4.69) is 22.0 Å². The lowest BCUT2D eigenvalue weighted by molar-refractivity contribution is 0.914. The molecule has 0 aliphatic heterocycles. The molecule has 0 aliphatic carbocycles. The van der Waals surface area contributed by atoms with Crippen LogP contribution in [0, 0.1) is 0 Å². The van der Waals surface area contributed by atoms with E-state index in [0.29, 0.717) is 16.7 Å². The highest BCUT2D eigenvalue weighted by Crippen LogP contribution is 2.18. The van der Waals surface area contributed by atoms with Crippen molar-refractivity contribution in [3.05, 3.63) is 78.6 Å². The molecule has 6 heteroatoms. The molecule has 0 saturated carbocycles. The number of benzene rings is 2. The van der Waals surface area contributed by atoms with Gasteiger partial charge in [0.2, 0.25) is 0 Å². The summed E-state index contributed by atoms with van der Waals surface area (Å²) in [5.41, 5.74) is 7.53. The van der Waals surface area contributed by atoms with Crippen LogP contribution in [0.25, 0.3) is 16.7 Å². The summed E-state index contributed by atoms with van der Waals surface area (Å²) in [7, 11) is 0. The third-order valence-corrected chi connectivity index (χ3v) is 3.64. The van der Waals surface area contributed by atoms with Crippen LogP contribution >= 0.6 is 11.6 Å². The Bertz CT molecular complexity index is 922. The zero-order valence-electron chi connectivity index (χ0n) is 12.9. The molecular formula is C18H16ClN5. The number of amidine groups is 1. The maximum absolute atomic E-state index is 5.90. The Hall–Kier alpha value is -3.05. The van der Waals surface area contributed by atoms with E-state index in [-0.39, 0.29) is 0 Å². The van der Waals surface area contributed by atoms with E-state index >= 15 is 0 Å². The first-order chi connectivity index (χ1) is 11.7. The van der Waals surface area contributed by atoms with Crippen LogP contribution in [0.2, 0.25) is 5.02 Å². The lowest BCUT2D eigenvalue weighted by atomic mass is 10.3. The molecule has 3 aromatic rings. The van der Waals surface area contributed by atoms with Crippen LogP contribution in [0.5, 0.6) is 0 Å². The molecule has 1 aromatic heterocycles. The van der Waals surface area contributed by atoms with Gasteiger partial charge >= 0.3 is 0 Å². The highest BCUT2D eigenvalue weighted by atomic mass is 35.5. The first-order valence-electron chi connectivity index (χ1n) is 7.30. The number of halogens is 1. The normalized spacial score (nSPS) is 12.4. The fraction of sp³-hybridized carbons (Fsp3) is 0. The quantitative estimate of drug-likeness (QED) is 0.556. The van der Waals surface area contributed by atoms with Crippen molar-refractivity contribution in [2.24, 2.45) is 10.7 Å². The standard InChI is InChI=1S/C18H16ClN5/c1-2-17(22-15-9-7-14(19)8-10-15)23-18(11-20)24-16-6-4-3-5-13(16)12-21-24/h2-12H,1,20H2,(H,22,23)/b18-11+. The number of aromatic nitrogens is 2. The summed E-state index contributed by atoms with van der Waals surface area (Å²) < 4.78 is 1.68. The van der Waals surface area contributed by atoms with Gasteiger partial charge in [0.15, 0.2) is 5.82 Å². The lowest BCUT2D eigenvalue weighted by Gasteiger charge is -2.09. The molecule has 0 atom stereocenters. The number of rotatable bonds is 4. The zero-order valence-corrected chi connectivity index (χ0v) is 13.6. The van der Waals surface area contributed by atoms with Crippen molar-refractivity contribution in [1.82, 2.24) is 9.78 Å². The van der Waals surface area contributed by atoms with E-state index in [0.717, 1.165) is 16.6 Å². The average Bonchev–Trinajstić information content (AvgIpc) is 3.04. The second-order valence-corrected chi connectivity index (χ2v) is 5.41. The summed E-state index contributed by atoms with van der Waals surface area (Å²) in [6.07, 6.45) is 4.80. The number of nitrogens with zero attached hydrogens (tertiary/aromatic N) is 3. The molecule has 2 aromatic carbocycles. The first-order valence-corrected chi connectivity index (χ1v) is 7.68. The van der Waals surface area contributed by atoms with Gasteiger partial charge in [-0.15, -0.1) is 0 Å². The average molecular weight is 338 g/mol. The van der Waals surface area contributed by atoms with Gasteiger partial charge in [0.1, 0.15) is 5.84 Å². The van der Waals surface area contributed by atoms with E-state index in [4.69, 9.17) is 17.3 Å². The van der Waals surface area contributed by atoms with Crippen LogP contribution < -0.4 is 11.1 Å². The molecule has 0 radical (unpaired) electrons. The van der Waals surface area contributed by atoms with Crippen LogP contribution in [-0.4, -0.2) is 15.6 Å². The van der Waals surface area contributed by atoms with Crippen LogP contribution in [0.3, 0.4) is 0 Å². The van der Waals surface area contributed by atoms with Crippen molar-refractivity contribution in [1.29, 1.82) is 0 Å². The Balaban J connectivity index is 1.93. The van der Waals surface area contributed by atoms with E-state index in [9.17, 15) is 0 Å². The van der Waals surface area contributed by atoms with Gasteiger partial charge < -0.3 is 11.1 Å². The van der Waals surface area contributed by atoms with Gasteiger partial charge in [-0.1, -0.05) is 36.4 Å². The zero-order chi connectivity index (χ0) is 16.9. The molecule has 3 rings (SSSR count). The van der Waals surface area contributed by atoms with Gasteiger partial charge in [0, 0.05) is 22.3 Å². The van der Waals surface area contributed by atoms with Gasteiger partial charge in [0.05, 0.1) is 11.7 Å². The second kappa shape index (κ2) is 7.02. The predicted molar refractivity (Wildman–Crippen MR) is 101 cm³/mol. The number of nitrogens with two attached hydrogens (primary N) is 1. The van der Waals surface area contributed by atoms with Crippen molar-refractivity contribution in [3.63, 3.8) is 0 Å². The number of nitrogens with one attached hydrogen (secondary N) is 1. The van der Waals surface area contributed by atoms with Gasteiger partial charge in [-0.2, -0.15) is 5.10 Å². The van der Waals surface area contributed by atoms with E-state index in [1.165, 1.54) is 6.20 Å². The molecule has 0 saturated heterocycles. The summed E-state index contributed by atoms with van der Waals surface area (Å²) in [6, 6.07) is 15.2. The molecule has 0 amide bonds. The van der Waals surface area contributed by atoms with Crippen LogP contribution in [0.4, 0.5) is 5.69 Å². The molecule has 0 spiro atoms. The molecule has 0 fully saturated rings. The number of para-hydroxylation sites is 1. The number of aliphatic imine (C=N–C) groups is 1. The minimum Gasteiger partial charge on any atom is -0.402 e. The third kappa shape index (κ3) is 3.31. The SMILES string of the molecule is C=C/C(=N\C(=C/N)n1ncc2ccccc21)Nc1ccc(Cl)cc1. The van der Waals surface area contributed by atoms with Gasteiger partial charge in [-0.25, -0.2) is 9.67 Å². The number of fused-ring (bicyclic) bond motifs is 1. The van der Waals surface area contributed by atoms with Gasteiger partial charge in [-0.05, 0) is 36.4 Å². The summed E-state index contributed by atoms with van der Waals surface area (Å²) in [4.78, 5) is 4.51. The molecule has 5 nitrogen and oxygen atoms in total. The van der Waals surface area contributed by atoms with Crippen molar-refractivity contribution in [2.75, 3.05) is 5.32 Å². The molecule has 0 unspecified atom stereocenters. The fourth-order valence-electron chi connectivity index (χ4n) is 2.24. The van der Waals surface area contributed by atoms with Gasteiger partial charge in [-0.3, -0.25) is 0 Å². The molecule has 1 heterocycles. The van der Waals surface area contributed by atoms with Crippen LogP contribution in [0.1, 0.15) is 0 Å². The van der Waals surface area contributed by atoms with Crippen LogP contribution in [-0.2, 0) is 0 Å². The fourth-order valence-corrected chi connectivity index (χ4v) is 2.36. The topological polar surface area (TPSA) is 68.2 Å². The monoisotopic (exact) mass is 337 g/mol. The Kier molecular flexibility index (Phi) is 4.63. The molecule has 120 valence electrons. The van der Waals surface area contributed by atoms with Crippen molar-refractivity contribution in [2.45, 2.75) is 0 Å². The van der Waals surface area contributed by atoms with Crippen molar-refractivity contribution >= 4 is 39.8 Å². The van der Waals surface area contributed by atoms with Crippen molar-refractivity contribution in [3.8, 4) is 0 Å². The minimum atomic E-state index is 0.493. The molecule has 3 N–H and O–H groups in total. The predicted octanol–water partition coefficient (Wildman–Crippen LogP) is 4.10. The minimum absolute atomic E-state index is 0.493. The maximum atomic E-state index is 5.90. The van der Waals surface area contributed by atoms with Gasteiger partial charge in [0.25, 0.3) is 0 Å². The van der Waals surface area contributed by atoms with E-state index in [1.807, 2.05) is 36.4 Å². The summed E-state index contributed by atoms with van der Waals surface area (Å²) >= 11 is 5.90. The summed E-state index contributed by atoms with van der Waals surface area (Å²) in [6.45, 7) is 3.79. The smallest absolute Gasteiger partial charge is 0.171 e. The van der Waals surface area contributed by atoms with E-state index < -0.39 is 0 Å². The molecule has 0 bridgehead atoms. The largest absolute Gasteiger partial charge is 0.402 e. The summed E-state index contributed by atoms with van der Waals surface area (Å²) in [5, 5.41) is 9.20. The Morgan fingerprint density at radius 2 is 1.96 bits per heavy atom. The van der Waals surface area contributed by atoms with Crippen molar-refractivity contribution < 1.29 is 0 Å². The Morgan fingerprint density at radius 1 is 1.21 bits per heavy atom. The Labute approximate surface area is 144 Å². The molecule has 24 heavy (non-hydrogen) atoms. The highest BCUT2D eigenvalue weighted by Gasteiger charge is 2.07. The molecular weight excluding hydrogens is 322 g/mol. The Morgan fingerprint density at radius 3 is 2.67 bits per heavy atom. The number of anilines is 1. The first kappa shape index (κ1) is 15.8. The lowest BCUT2D eigenvalue weighted by Crippen LogP contribution is -2.11. The second-order valence-electron chi connectivity index (χ2n) is 4.97. The molecule has 0 aliphatic rings. The van der Waals surface area contributed by atoms with Crippen LogP contribution in [0.15, 0.2) is 78.6 Å². The van der Waals surface area contributed by atoms with E-state index in [1.54, 1.807) is 29.1 Å². The highest BCUT2D eigenvalue weighted by molar-refractivity contribution is 6.30. The third-order valence-electron chi connectivity index (χ3n) is 3.39. The maximum Gasteiger partial charge on any atom is 0.171 e. The number of hydrogen-bond acceptors (Lipinski definition) is 3.